The fourth-order valence-corrected chi connectivity index (χ4v) is 3.34. The molecule has 110 valence electrons. The first-order valence-corrected chi connectivity index (χ1v) is 7.88. The molecule has 1 saturated carbocycles. The number of hydrogen-bond donors (Lipinski definition) is 1. The van der Waals surface area contributed by atoms with Crippen LogP contribution in [0.25, 0.3) is 0 Å². The first-order chi connectivity index (χ1) is 9.77. The van der Waals surface area contributed by atoms with Gasteiger partial charge in [-0.1, -0.05) is 6.92 Å². The van der Waals surface area contributed by atoms with Crippen LogP contribution in [-0.4, -0.2) is 30.2 Å². The van der Waals surface area contributed by atoms with Gasteiger partial charge in [0, 0.05) is 19.0 Å². The summed E-state index contributed by atoms with van der Waals surface area (Å²) in [5.41, 5.74) is 2.41. The molecule has 0 saturated heterocycles. The molecule has 0 amide bonds. The van der Waals surface area contributed by atoms with Gasteiger partial charge in [-0.25, -0.2) is 9.97 Å². The van der Waals surface area contributed by atoms with E-state index in [9.17, 15) is 0 Å². The maximum Gasteiger partial charge on any atom is 0.160 e. The van der Waals surface area contributed by atoms with Crippen molar-refractivity contribution in [3.8, 4) is 0 Å². The summed E-state index contributed by atoms with van der Waals surface area (Å²) >= 11 is 0. The Morgan fingerprint density at radius 1 is 1.45 bits per heavy atom. The van der Waals surface area contributed by atoms with Gasteiger partial charge < -0.3 is 10.1 Å². The third-order valence-corrected chi connectivity index (χ3v) is 4.89. The van der Waals surface area contributed by atoms with Crippen molar-refractivity contribution in [1.82, 2.24) is 15.3 Å². The summed E-state index contributed by atoms with van der Waals surface area (Å²) in [6, 6.07) is 0. The van der Waals surface area contributed by atoms with E-state index in [0.29, 0.717) is 0 Å². The highest BCUT2D eigenvalue weighted by atomic mass is 16.5. The molecular formula is C16H25N3O. The summed E-state index contributed by atoms with van der Waals surface area (Å²) in [6.07, 6.45) is 8.82. The fraction of sp³-hybridized carbons (Fsp3) is 0.750. The molecule has 1 aromatic heterocycles. The van der Waals surface area contributed by atoms with E-state index in [0.717, 1.165) is 50.5 Å². The quantitative estimate of drug-likeness (QED) is 0.895. The van der Waals surface area contributed by atoms with Gasteiger partial charge in [0.1, 0.15) is 5.60 Å². The van der Waals surface area contributed by atoms with E-state index in [1.54, 1.807) is 7.11 Å². The Balaban J connectivity index is 1.75. The Kier molecular flexibility index (Phi) is 4.03. The molecule has 0 bridgehead atoms. The lowest BCUT2D eigenvalue weighted by atomic mass is 9.79. The van der Waals surface area contributed by atoms with Gasteiger partial charge in [0.2, 0.25) is 0 Å². The van der Waals surface area contributed by atoms with Crippen molar-refractivity contribution in [3.63, 3.8) is 0 Å². The number of nitrogens with one attached hydrogen (secondary N) is 1. The average molecular weight is 275 g/mol. The van der Waals surface area contributed by atoms with Gasteiger partial charge in [-0.2, -0.15) is 0 Å². The van der Waals surface area contributed by atoms with E-state index in [-0.39, 0.29) is 5.60 Å². The lowest BCUT2D eigenvalue weighted by Crippen LogP contribution is -2.38. The van der Waals surface area contributed by atoms with Gasteiger partial charge in [-0.15, -0.1) is 0 Å². The standard InChI is InChI=1S/C16H25N3O/c1-3-17-10-12-5-6-14-13(9-12)11-18-15(19-14)16(20-2)7-4-8-16/h11-12,17H,3-10H2,1-2H3. The number of fused-ring (bicyclic) bond motifs is 1. The monoisotopic (exact) mass is 275 g/mol. The van der Waals surface area contributed by atoms with Crippen LogP contribution < -0.4 is 5.32 Å². The zero-order valence-electron chi connectivity index (χ0n) is 12.6. The number of nitrogens with zero attached hydrogens (tertiary/aromatic N) is 2. The Morgan fingerprint density at radius 2 is 2.30 bits per heavy atom. The van der Waals surface area contributed by atoms with E-state index in [2.05, 4.69) is 23.4 Å². The topological polar surface area (TPSA) is 47.0 Å². The highest BCUT2D eigenvalue weighted by Gasteiger charge is 2.42. The Bertz CT molecular complexity index is 465. The molecule has 20 heavy (non-hydrogen) atoms. The first kappa shape index (κ1) is 14.0. The second-order valence-electron chi connectivity index (χ2n) is 6.13. The first-order valence-electron chi connectivity index (χ1n) is 7.88. The molecule has 0 radical (unpaired) electrons. The van der Waals surface area contributed by atoms with Crippen LogP contribution in [0.2, 0.25) is 0 Å². The molecule has 1 heterocycles. The average Bonchev–Trinajstić information content (AvgIpc) is 2.44. The maximum absolute atomic E-state index is 5.69. The third kappa shape index (κ3) is 2.47. The number of methoxy groups -OCH3 is 1. The van der Waals surface area contributed by atoms with Crippen molar-refractivity contribution in [2.24, 2.45) is 5.92 Å². The smallest absolute Gasteiger partial charge is 0.160 e. The number of aromatic nitrogens is 2. The van der Waals surface area contributed by atoms with Crippen molar-refractivity contribution < 1.29 is 4.74 Å². The minimum absolute atomic E-state index is 0.185. The summed E-state index contributed by atoms with van der Waals surface area (Å²) in [5.74, 6) is 1.65. The number of hydrogen-bond acceptors (Lipinski definition) is 4. The minimum atomic E-state index is -0.185. The summed E-state index contributed by atoms with van der Waals surface area (Å²) in [4.78, 5) is 9.45. The van der Waals surface area contributed by atoms with Crippen LogP contribution in [0, 0.1) is 5.92 Å². The molecule has 1 atom stereocenters. The largest absolute Gasteiger partial charge is 0.370 e. The van der Waals surface area contributed by atoms with E-state index in [1.165, 1.54) is 24.1 Å². The maximum atomic E-state index is 5.69. The van der Waals surface area contributed by atoms with E-state index in [1.807, 2.05) is 0 Å². The molecule has 2 aliphatic carbocycles. The molecule has 0 aromatic carbocycles. The predicted octanol–water partition coefficient (Wildman–Crippen LogP) is 2.22. The lowest BCUT2D eigenvalue weighted by Gasteiger charge is -2.39. The SMILES string of the molecule is CCNCC1CCc2nc(C3(OC)CCC3)ncc2C1. The summed E-state index contributed by atoms with van der Waals surface area (Å²) < 4.78 is 5.69. The van der Waals surface area contributed by atoms with Crippen molar-refractivity contribution >= 4 is 0 Å². The van der Waals surface area contributed by atoms with Crippen molar-refractivity contribution in [2.45, 2.75) is 51.0 Å². The van der Waals surface area contributed by atoms with Crippen molar-refractivity contribution in [2.75, 3.05) is 20.2 Å². The van der Waals surface area contributed by atoms with E-state index < -0.39 is 0 Å². The van der Waals surface area contributed by atoms with Crippen LogP contribution in [0.15, 0.2) is 6.20 Å². The van der Waals surface area contributed by atoms with Gasteiger partial charge >= 0.3 is 0 Å². The normalized spacial score (nSPS) is 24.0. The number of ether oxygens (including phenoxy) is 1. The zero-order chi connectivity index (χ0) is 14.0. The van der Waals surface area contributed by atoms with Crippen molar-refractivity contribution in [3.05, 3.63) is 23.3 Å². The van der Waals surface area contributed by atoms with Crippen molar-refractivity contribution in [1.29, 1.82) is 0 Å². The highest BCUT2D eigenvalue weighted by molar-refractivity contribution is 5.23. The van der Waals surface area contributed by atoms with Crippen LogP contribution in [0.3, 0.4) is 0 Å². The predicted molar refractivity (Wildman–Crippen MR) is 78.6 cm³/mol. The van der Waals surface area contributed by atoms with Crippen LogP contribution in [0.1, 0.15) is 49.7 Å². The summed E-state index contributed by atoms with van der Waals surface area (Å²) in [7, 11) is 1.79. The molecule has 2 aliphatic rings. The Morgan fingerprint density at radius 3 is 2.95 bits per heavy atom. The molecule has 1 aromatic rings. The Labute approximate surface area is 121 Å². The fourth-order valence-electron chi connectivity index (χ4n) is 3.34. The molecule has 3 rings (SSSR count). The van der Waals surface area contributed by atoms with Gasteiger partial charge in [0.15, 0.2) is 5.82 Å². The van der Waals surface area contributed by atoms with E-state index >= 15 is 0 Å². The van der Waals surface area contributed by atoms with Crippen LogP contribution in [-0.2, 0) is 23.2 Å². The zero-order valence-corrected chi connectivity index (χ0v) is 12.6. The second kappa shape index (κ2) is 5.78. The molecule has 0 spiro atoms. The molecule has 4 nitrogen and oxygen atoms in total. The van der Waals surface area contributed by atoms with Gasteiger partial charge in [-0.05, 0) is 63.1 Å². The minimum Gasteiger partial charge on any atom is -0.370 e. The lowest BCUT2D eigenvalue weighted by molar-refractivity contribution is -0.0848. The number of rotatable bonds is 5. The van der Waals surface area contributed by atoms with Gasteiger partial charge in [-0.3, -0.25) is 0 Å². The van der Waals surface area contributed by atoms with Crippen LogP contribution in [0.4, 0.5) is 0 Å². The Hall–Kier alpha value is -1.00. The number of aryl methyl sites for hydroxylation is 1. The molecular weight excluding hydrogens is 250 g/mol. The van der Waals surface area contributed by atoms with Gasteiger partial charge in [0.05, 0.1) is 0 Å². The van der Waals surface area contributed by atoms with Crippen LogP contribution >= 0.6 is 0 Å². The second-order valence-corrected chi connectivity index (χ2v) is 6.13. The van der Waals surface area contributed by atoms with Gasteiger partial charge in [0.25, 0.3) is 0 Å². The van der Waals surface area contributed by atoms with E-state index in [4.69, 9.17) is 9.72 Å². The molecule has 4 heteroatoms. The molecule has 1 unspecified atom stereocenters. The van der Waals surface area contributed by atoms with Crippen LogP contribution in [0.5, 0.6) is 0 Å². The molecule has 1 fully saturated rings. The highest BCUT2D eigenvalue weighted by Crippen LogP contribution is 2.42. The third-order valence-electron chi connectivity index (χ3n) is 4.89. The molecule has 0 aliphatic heterocycles. The summed E-state index contributed by atoms with van der Waals surface area (Å²) in [6.45, 7) is 4.32. The summed E-state index contributed by atoms with van der Waals surface area (Å²) in [5, 5.41) is 3.45. The molecule has 1 N–H and O–H groups in total.